The van der Waals surface area contributed by atoms with Crippen LogP contribution >= 0.6 is 27.3 Å². The summed E-state index contributed by atoms with van der Waals surface area (Å²) in [5.41, 5.74) is 1.07. The number of sulfone groups is 2. The highest BCUT2D eigenvalue weighted by Gasteiger charge is 2.27. The number of hydrogen-bond acceptors (Lipinski definition) is 6. The Morgan fingerprint density at radius 2 is 1.50 bits per heavy atom. The van der Waals surface area contributed by atoms with E-state index in [1.165, 1.54) is 42.5 Å². The highest BCUT2D eigenvalue weighted by molar-refractivity contribution is 9.10. The van der Waals surface area contributed by atoms with E-state index in [0.717, 1.165) is 22.1 Å². The van der Waals surface area contributed by atoms with Gasteiger partial charge in [-0.25, -0.2) is 26.2 Å². The number of hydrogen-bond donors (Lipinski definition) is 0. The van der Waals surface area contributed by atoms with Crippen LogP contribution in [0.4, 0.5) is 4.39 Å². The number of aromatic nitrogens is 1. The molecule has 10 heteroatoms. The quantitative estimate of drug-likeness (QED) is 0.321. The number of benzene rings is 3. The average Bonchev–Trinajstić information content (AvgIpc) is 3.20. The molecule has 5 nitrogen and oxygen atoms in total. The molecule has 0 bridgehead atoms. The van der Waals surface area contributed by atoms with Gasteiger partial charge in [0.2, 0.25) is 14.2 Å². The maximum Gasteiger partial charge on any atom is 0.233 e. The molecule has 1 heterocycles. The maximum atomic E-state index is 13.5. The first-order chi connectivity index (χ1) is 15.1. The van der Waals surface area contributed by atoms with Gasteiger partial charge in [-0.15, -0.1) is 11.3 Å². The minimum atomic E-state index is -3.97. The van der Waals surface area contributed by atoms with Gasteiger partial charge < -0.3 is 0 Å². The van der Waals surface area contributed by atoms with Crippen LogP contribution in [0.3, 0.4) is 0 Å². The highest BCUT2D eigenvalue weighted by atomic mass is 79.9. The first-order valence-electron chi connectivity index (χ1n) is 9.14. The highest BCUT2D eigenvalue weighted by Crippen LogP contribution is 2.42. The summed E-state index contributed by atoms with van der Waals surface area (Å²) in [5.74, 6) is -0.454. The molecule has 0 N–H and O–H groups in total. The Labute approximate surface area is 197 Å². The summed E-state index contributed by atoms with van der Waals surface area (Å²) >= 11 is 4.16. The summed E-state index contributed by atoms with van der Waals surface area (Å²) in [6, 6.07) is 17.9. The molecule has 0 aliphatic heterocycles. The van der Waals surface area contributed by atoms with Gasteiger partial charge in [-0.05, 0) is 54.6 Å². The van der Waals surface area contributed by atoms with Gasteiger partial charge in [-0.2, -0.15) is 0 Å². The fourth-order valence-corrected chi connectivity index (χ4v) is 7.06. The van der Waals surface area contributed by atoms with E-state index in [0.29, 0.717) is 16.0 Å². The zero-order chi connectivity index (χ0) is 23.1. The molecule has 0 unspecified atom stereocenters. The van der Waals surface area contributed by atoms with E-state index in [2.05, 4.69) is 20.9 Å². The van der Waals surface area contributed by atoms with Crippen molar-refractivity contribution in [3.8, 4) is 21.7 Å². The third-order valence-corrected chi connectivity index (χ3v) is 9.53. The maximum absolute atomic E-state index is 13.5. The van der Waals surface area contributed by atoms with E-state index >= 15 is 0 Å². The number of rotatable bonds is 5. The van der Waals surface area contributed by atoms with Crippen LogP contribution in [-0.2, 0) is 19.7 Å². The van der Waals surface area contributed by atoms with Gasteiger partial charge in [0, 0.05) is 21.9 Å². The third kappa shape index (κ3) is 4.40. The first-order valence-corrected chi connectivity index (χ1v) is 14.1. The number of thiazole rings is 1. The van der Waals surface area contributed by atoms with Gasteiger partial charge >= 0.3 is 0 Å². The van der Waals surface area contributed by atoms with Crippen molar-refractivity contribution in [3.05, 3.63) is 83.1 Å². The van der Waals surface area contributed by atoms with E-state index in [9.17, 15) is 21.2 Å². The van der Waals surface area contributed by atoms with Crippen LogP contribution in [0.25, 0.3) is 21.7 Å². The van der Waals surface area contributed by atoms with Gasteiger partial charge in [-0.1, -0.05) is 34.1 Å². The SMILES string of the molecule is CS(=O)(=O)c1ccccc1-c1sc(S(=O)(=O)c2ccc(Br)cc2)nc1-c1ccc(F)cc1. The van der Waals surface area contributed by atoms with Crippen molar-refractivity contribution < 1.29 is 21.2 Å². The van der Waals surface area contributed by atoms with Gasteiger partial charge in [0.05, 0.1) is 20.4 Å². The van der Waals surface area contributed by atoms with Crippen LogP contribution in [-0.4, -0.2) is 28.1 Å². The smallest absolute Gasteiger partial charge is 0.224 e. The van der Waals surface area contributed by atoms with Crippen LogP contribution in [0.2, 0.25) is 0 Å². The molecule has 4 rings (SSSR count). The van der Waals surface area contributed by atoms with E-state index in [1.807, 2.05) is 0 Å². The molecule has 0 spiro atoms. The van der Waals surface area contributed by atoms with Gasteiger partial charge in [0.25, 0.3) is 0 Å². The van der Waals surface area contributed by atoms with Crippen molar-refractivity contribution in [2.75, 3.05) is 6.26 Å². The molecule has 0 atom stereocenters. The van der Waals surface area contributed by atoms with Crippen LogP contribution in [0.1, 0.15) is 0 Å². The summed E-state index contributed by atoms with van der Waals surface area (Å²) in [7, 11) is -7.57. The Morgan fingerprint density at radius 3 is 2.12 bits per heavy atom. The number of nitrogens with zero attached hydrogens (tertiary/aromatic N) is 1. The second kappa shape index (κ2) is 8.51. The molecular formula is C22H15BrFNO4S3. The summed E-state index contributed by atoms with van der Waals surface area (Å²) < 4.78 is 65.3. The lowest BCUT2D eigenvalue weighted by Gasteiger charge is -2.08. The summed E-state index contributed by atoms with van der Waals surface area (Å²) in [6.07, 6.45) is 1.09. The molecule has 32 heavy (non-hydrogen) atoms. The second-order valence-electron chi connectivity index (χ2n) is 6.89. The van der Waals surface area contributed by atoms with Gasteiger partial charge in [0.15, 0.2) is 9.84 Å². The van der Waals surface area contributed by atoms with Crippen molar-refractivity contribution in [3.63, 3.8) is 0 Å². The Kier molecular flexibility index (Phi) is 6.06. The second-order valence-corrected chi connectivity index (χ2v) is 12.9. The molecule has 0 saturated heterocycles. The molecule has 0 amide bonds. The molecule has 0 saturated carbocycles. The number of halogens is 2. The monoisotopic (exact) mass is 551 g/mol. The van der Waals surface area contributed by atoms with Gasteiger partial charge in [-0.3, -0.25) is 0 Å². The van der Waals surface area contributed by atoms with E-state index in [-0.39, 0.29) is 19.8 Å². The van der Waals surface area contributed by atoms with Crippen LogP contribution < -0.4 is 0 Å². The summed E-state index contributed by atoms with van der Waals surface area (Å²) in [4.78, 5) is 4.86. The topological polar surface area (TPSA) is 81.2 Å². The van der Waals surface area contributed by atoms with E-state index in [4.69, 9.17) is 0 Å². The Balaban J connectivity index is 1.99. The van der Waals surface area contributed by atoms with Crippen LogP contribution in [0.5, 0.6) is 0 Å². The zero-order valence-electron chi connectivity index (χ0n) is 16.5. The fraction of sp³-hybridized carbons (Fsp3) is 0.0455. The molecule has 0 aliphatic rings. The van der Waals surface area contributed by atoms with E-state index in [1.54, 1.807) is 30.3 Å². The Hall–Kier alpha value is -2.40. The minimum Gasteiger partial charge on any atom is -0.224 e. The lowest BCUT2D eigenvalue weighted by molar-refractivity contribution is 0.595. The Bertz CT molecular complexity index is 1510. The zero-order valence-corrected chi connectivity index (χ0v) is 20.5. The average molecular weight is 552 g/mol. The standard InChI is InChI=1S/C22H15BrFNO4S3/c1-31(26,27)19-5-3-2-4-18(19)21-20(14-6-10-16(24)11-7-14)25-22(30-21)32(28,29)17-12-8-15(23)9-13-17/h2-13H,1H3. The predicted octanol–water partition coefficient (Wildman–Crippen LogP) is 5.62. The summed E-state index contributed by atoms with van der Waals surface area (Å²) in [5, 5.41) is 0. The van der Waals surface area contributed by atoms with Crippen LogP contribution in [0, 0.1) is 5.82 Å². The van der Waals surface area contributed by atoms with Crippen molar-refractivity contribution in [2.45, 2.75) is 14.1 Å². The van der Waals surface area contributed by atoms with Gasteiger partial charge in [0.1, 0.15) is 5.82 Å². The molecule has 1 aromatic heterocycles. The molecule has 0 aliphatic carbocycles. The molecule has 0 fully saturated rings. The van der Waals surface area contributed by atoms with Crippen molar-refractivity contribution in [1.29, 1.82) is 0 Å². The summed E-state index contributed by atoms with van der Waals surface area (Å²) in [6.45, 7) is 0. The lowest BCUT2D eigenvalue weighted by Crippen LogP contribution is -2.01. The molecule has 3 aromatic carbocycles. The normalized spacial score (nSPS) is 12.1. The minimum absolute atomic E-state index is 0.0552. The Morgan fingerprint density at radius 1 is 0.875 bits per heavy atom. The molecule has 0 radical (unpaired) electrons. The molecular weight excluding hydrogens is 537 g/mol. The predicted molar refractivity (Wildman–Crippen MR) is 126 cm³/mol. The third-order valence-electron chi connectivity index (χ3n) is 4.61. The largest absolute Gasteiger partial charge is 0.233 e. The van der Waals surface area contributed by atoms with Crippen LogP contribution in [0.15, 0.2) is 91.4 Å². The van der Waals surface area contributed by atoms with Crippen molar-refractivity contribution in [1.82, 2.24) is 4.98 Å². The van der Waals surface area contributed by atoms with Crippen molar-refractivity contribution in [2.24, 2.45) is 0 Å². The molecule has 164 valence electrons. The fourth-order valence-electron chi connectivity index (χ4n) is 3.09. The van der Waals surface area contributed by atoms with Crippen molar-refractivity contribution >= 4 is 46.9 Å². The first kappa shape index (κ1) is 22.8. The van der Waals surface area contributed by atoms with E-state index < -0.39 is 25.5 Å². The molecule has 4 aromatic rings. The lowest BCUT2D eigenvalue weighted by atomic mass is 10.1.